The van der Waals surface area contributed by atoms with Gasteiger partial charge in [0.05, 0.1) is 17.3 Å². The van der Waals surface area contributed by atoms with Gasteiger partial charge in [0, 0.05) is 29.8 Å². The van der Waals surface area contributed by atoms with Gasteiger partial charge in [-0.2, -0.15) is 18.4 Å². The molecule has 0 fully saturated rings. The third kappa shape index (κ3) is 3.00. The standard InChI is InChI=1S/C16H9F5N2O2/c17-15(18)4-10-12(25-9-3-8(5-22)6-23-7-9)2-1-11(16(19,20)21)13(10)14(15)24/h1-3,6-7,14,24H,4H2/t14-/m0/s1. The SMILES string of the molecule is N#Cc1cncc(Oc2ccc(C(F)(F)F)c3c2CC(F)(F)[C@H]3O)c1. The smallest absolute Gasteiger partial charge is 0.416 e. The van der Waals surface area contributed by atoms with Crippen LogP contribution < -0.4 is 4.74 Å². The maximum absolute atomic E-state index is 13.8. The van der Waals surface area contributed by atoms with Gasteiger partial charge in [-0.3, -0.25) is 4.98 Å². The zero-order valence-corrected chi connectivity index (χ0v) is 12.3. The minimum atomic E-state index is -4.90. The molecular formula is C16H9F5N2O2. The number of nitrogens with zero attached hydrogens (tertiary/aromatic N) is 2. The Labute approximate surface area is 138 Å². The second-order valence-electron chi connectivity index (χ2n) is 5.46. The molecule has 1 aromatic heterocycles. The number of ether oxygens (including phenoxy) is 1. The van der Waals surface area contributed by atoms with Crippen LogP contribution in [0.25, 0.3) is 0 Å². The largest absolute Gasteiger partial charge is 0.455 e. The summed E-state index contributed by atoms with van der Waals surface area (Å²) in [5.74, 6) is -3.99. The average molecular weight is 356 g/mol. The summed E-state index contributed by atoms with van der Waals surface area (Å²) in [6.45, 7) is 0. The van der Waals surface area contributed by atoms with Gasteiger partial charge in [-0.15, -0.1) is 0 Å². The maximum atomic E-state index is 13.8. The molecule has 0 amide bonds. The molecule has 1 aromatic carbocycles. The van der Waals surface area contributed by atoms with E-state index in [0.29, 0.717) is 6.07 Å². The summed E-state index contributed by atoms with van der Waals surface area (Å²) in [7, 11) is 0. The van der Waals surface area contributed by atoms with Crippen LogP contribution in [0, 0.1) is 11.3 Å². The molecule has 0 bridgehead atoms. The number of nitriles is 1. The first-order valence-electron chi connectivity index (χ1n) is 6.95. The molecule has 2 aromatic rings. The van der Waals surface area contributed by atoms with Gasteiger partial charge in [-0.05, 0) is 12.1 Å². The number of hydrogen-bond donors (Lipinski definition) is 1. The molecule has 1 heterocycles. The summed E-state index contributed by atoms with van der Waals surface area (Å²) in [5, 5.41) is 18.5. The molecular weight excluding hydrogens is 347 g/mol. The van der Waals surface area contributed by atoms with Gasteiger partial charge >= 0.3 is 6.18 Å². The summed E-state index contributed by atoms with van der Waals surface area (Å²) < 4.78 is 72.2. The topological polar surface area (TPSA) is 66.1 Å². The molecule has 1 N–H and O–H groups in total. The first kappa shape index (κ1) is 17.1. The predicted octanol–water partition coefficient (Wildman–Crippen LogP) is 3.99. The van der Waals surface area contributed by atoms with Crippen LogP contribution in [0.15, 0.2) is 30.6 Å². The fourth-order valence-electron chi connectivity index (χ4n) is 2.69. The third-order valence-electron chi connectivity index (χ3n) is 3.78. The molecule has 0 saturated heterocycles. The lowest BCUT2D eigenvalue weighted by Gasteiger charge is -2.18. The van der Waals surface area contributed by atoms with Crippen LogP contribution in [-0.2, 0) is 12.6 Å². The molecule has 130 valence electrons. The maximum Gasteiger partial charge on any atom is 0.416 e. The van der Waals surface area contributed by atoms with E-state index in [4.69, 9.17) is 10.00 Å². The number of aromatic nitrogens is 1. The van der Waals surface area contributed by atoms with Crippen LogP contribution in [0.4, 0.5) is 22.0 Å². The molecule has 4 nitrogen and oxygen atoms in total. The van der Waals surface area contributed by atoms with Crippen LogP contribution in [0.1, 0.15) is 28.4 Å². The van der Waals surface area contributed by atoms with Gasteiger partial charge in [0.15, 0.2) is 0 Å². The normalized spacial score (nSPS) is 18.5. The van der Waals surface area contributed by atoms with Crippen LogP contribution in [-0.4, -0.2) is 16.0 Å². The Kier molecular flexibility index (Phi) is 3.88. The molecule has 1 atom stereocenters. The Morgan fingerprint density at radius 1 is 1.28 bits per heavy atom. The number of halogens is 5. The van der Waals surface area contributed by atoms with Crippen molar-refractivity contribution in [1.82, 2.24) is 4.98 Å². The summed E-state index contributed by atoms with van der Waals surface area (Å²) in [4.78, 5) is 3.72. The van der Waals surface area contributed by atoms with Gasteiger partial charge in [-0.1, -0.05) is 0 Å². The first-order valence-corrected chi connectivity index (χ1v) is 6.95. The number of aliphatic hydroxyl groups is 1. The fourth-order valence-corrected chi connectivity index (χ4v) is 2.69. The lowest BCUT2D eigenvalue weighted by atomic mass is 10.0. The lowest BCUT2D eigenvalue weighted by molar-refractivity contribution is -0.142. The number of alkyl halides is 5. The highest BCUT2D eigenvalue weighted by molar-refractivity contribution is 5.53. The van der Waals surface area contributed by atoms with Crippen molar-refractivity contribution in [1.29, 1.82) is 5.26 Å². The van der Waals surface area contributed by atoms with Gasteiger partial charge in [-0.25, -0.2) is 8.78 Å². The number of fused-ring (bicyclic) bond motifs is 1. The lowest BCUT2D eigenvalue weighted by Crippen LogP contribution is -2.23. The molecule has 0 spiro atoms. The van der Waals surface area contributed by atoms with Crippen molar-refractivity contribution in [2.75, 3.05) is 0 Å². The summed E-state index contributed by atoms with van der Waals surface area (Å²) in [5.41, 5.74) is -2.51. The minimum absolute atomic E-state index is 0.00529. The van der Waals surface area contributed by atoms with Crippen LogP contribution in [0.3, 0.4) is 0 Å². The van der Waals surface area contributed by atoms with Crippen molar-refractivity contribution in [2.45, 2.75) is 24.6 Å². The van der Waals surface area contributed by atoms with E-state index in [1.54, 1.807) is 6.07 Å². The van der Waals surface area contributed by atoms with E-state index in [1.165, 1.54) is 18.5 Å². The quantitative estimate of drug-likeness (QED) is 0.827. The van der Waals surface area contributed by atoms with Crippen molar-refractivity contribution in [3.63, 3.8) is 0 Å². The third-order valence-corrected chi connectivity index (χ3v) is 3.78. The summed E-state index contributed by atoms with van der Waals surface area (Å²) >= 11 is 0. The number of hydrogen-bond acceptors (Lipinski definition) is 4. The number of benzene rings is 1. The Balaban J connectivity index is 2.10. The zero-order chi connectivity index (χ0) is 18.4. The second-order valence-corrected chi connectivity index (χ2v) is 5.46. The zero-order valence-electron chi connectivity index (χ0n) is 12.3. The van der Waals surface area contributed by atoms with E-state index in [2.05, 4.69) is 4.98 Å². The summed E-state index contributed by atoms with van der Waals surface area (Å²) in [6.07, 6.45) is -6.14. The Morgan fingerprint density at radius 2 is 2.00 bits per heavy atom. The molecule has 0 saturated carbocycles. The Hall–Kier alpha value is -2.73. The average Bonchev–Trinajstić information content (AvgIpc) is 2.78. The Bertz CT molecular complexity index is 874. The highest BCUT2D eigenvalue weighted by Crippen LogP contribution is 2.51. The van der Waals surface area contributed by atoms with Gasteiger partial charge in [0.25, 0.3) is 5.92 Å². The highest BCUT2D eigenvalue weighted by Gasteiger charge is 2.52. The number of pyridine rings is 1. The van der Waals surface area contributed by atoms with E-state index < -0.39 is 41.3 Å². The molecule has 3 rings (SSSR count). The minimum Gasteiger partial charge on any atom is -0.455 e. The monoisotopic (exact) mass is 356 g/mol. The first-order chi connectivity index (χ1) is 11.6. The molecule has 1 aliphatic rings. The number of rotatable bonds is 2. The molecule has 0 aliphatic heterocycles. The van der Waals surface area contributed by atoms with Crippen LogP contribution >= 0.6 is 0 Å². The molecule has 25 heavy (non-hydrogen) atoms. The molecule has 0 radical (unpaired) electrons. The van der Waals surface area contributed by atoms with Crippen molar-refractivity contribution in [3.8, 4) is 17.6 Å². The second kappa shape index (κ2) is 5.67. The summed E-state index contributed by atoms with van der Waals surface area (Å²) in [6, 6.07) is 4.56. The van der Waals surface area contributed by atoms with E-state index in [0.717, 1.165) is 6.07 Å². The van der Waals surface area contributed by atoms with Crippen LogP contribution in [0.2, 0.25) is 0 Å². The van der Waals surface area contributed by atoms with E-state index in [1.807, 2.05) is 0 Å². The van der Waals surface area contributed by atoms with Gasteiger partial charge in [0.1, 0.15) is 23.7 Å². The van der Waals surface area contributed by atoms with E-state index in [-0.39, 0.29) is 17.1 Å². The predicted molar refractivity (Wildman–Crippen MR) is 74.1 cm³/mol. The highest BCUT2D eigenvalue weighted by atomic mass is 19.4. The van der Waals surface area contributed by atoms with Crippen molar-refractivity contribution in [2.24, 2.45) is 0 Å². The van der Waals surface area contributed by atoms with Gasteiger partial charge < -0.3 is 9.84 Å². The fraction of sp³-hybridized carbons (Fsp3) is 0.250. The molecule has 9 heteroatoms. The van der Waals surface area contributed by atoms with E-state index in [9.17, 15) is 27.1 Å². The van der Waals surface area contributed by atoms with E-state index >= 15 is 0 Å². The van der Waals surface area contributed by atoms with Crippen molar-refractivity contribution in [3.05, 3.63) is 52.8 Å². The van der Waals surface area contributed by atoms with Crippen LogP contribution in [0.5, 0.6) is 11.5 Å². The molecule has 0 unspecified atom stereocenters. The Morgan fingerprint density at radius 3 is 2.64 bits per heavy atom. The molecule has 1 aliphatic carbocycles. The van der Waals surface area contributed by atoms with Crippen molar-refractivity contribution < 1.29 is 31.8 Å². The van der Waals surface area contributed by atoms with Gasteiger partial charge in [0.2, 0.25) is 0 Å². The number of aliphatic hydroxyl groups excluding tert-OH is 1. The van der Waals surface area contributed by atoms with Crippen molar-refractivity contribution >= 4 is 0 Å².